The second kappa shape index (κ2) is 9.86. The summed E-state index contributed by atoms with van der Waals surface area (Å²) in [5.41, 5.74) is -0.113. The number of fused-ring (bicyclic) bond motifs is 2. The van der Waals surface area contributed by atoms with E-state index < -0.39 is 41.4 Å². The molecule has 9 heteroatoms. The van der Waals surface area contributed by atoms with E-state index in [1.165, 1.54) is 6.07 Å². The van der Waals surface area contributed by atoms with E-state index in [2.05, 4.69) is 31.4 Å². The van der Waals surface area contributed by atoms with E-state index in [4.69, 9.17) is 23.2 Å². The molecule has 4 N–H and O–H groups in total. The van der Waals surface area contributed by atoms with Gasteiger partial charge in [0, 0.05) is 29.1 Å². The predicted octanol–water partition coefficient (Wildman–Crippen LogP) is 4.97. The summed E-state index contributed by atoms with van der Waals surface area (Å²) in [5, 5.41) is 26.9. The Hall–Kier alpha value is -2.03. The lowest BCUT2D eigenvalue weighted by atomic mass is 9.62. The molecule has 2 heterocycles. The van der Waals surface area contributed by atoms with Crippen LogP contribution in [-0.2, 0) is 15.0 Å². The quantitative estimate of drug-likeness (QED) is 0.412. The molecule has 1 aliphatic carbocycles. The summed E-state index contributed by atoms with van der Waals surface area (Å²) in [6, 6.07) is 8.46. The lowest BCUT2D eigenvalue weighted by Crippen LogP contribution is -2.49. The second-order valence-corrected chi connectivity index (χ2v) is 13.1. The SMILES string of the molecule is CC(C)(C)C[C@H]1N[C@@H](C(=O)CC2C[C@@H](O)[C@@H](O)C2)[C@H](c2cccc(Cl)c2F)[C@@]12C(=O)Nc1cc(Cl)ccc12. The first-order chi connectivity index (χ1) is 17.8. The van der Waals surface area contributed by atoms with Gasteiger partial charge in [-0.15, -0.1) is 0 Å². The van der Waals surface area contributed by atoms with Crippen LogP contribution in [0.3, 0.4) is 0 Å². The Kier molecular flexibility index (Phi) is 7.15. The van der Waals surface area contributed by atoms with Crippen molar-refractivity contribution < 1.29 is 24.2 Å². The number of ketones is 1. The van der Waals surface area contributed by atoms with Gasteiger partial charge in [0.25, 0.3) is 0 Å². The van der Waals surface area contributed by atoms with Crippen LogP contribution in [0.15, 0.2) is 36.4 Å². The summed E-state index contributed by atoms with van der Waals surface area (Å²) in [4.78, 5) is 28.1. The maximum atomic E-state index is 15.8. The summed E-state index contributed by atoms with van der Waals surface area (Å²) in [5.74, 6) is -2.26. The molecule has 6 nitrogen and oxygen atoms in total. The zero-order valence-electron chi connectivity index (χ0n) is 21.6. The second-order valence-electron chi connectivity index (χ2n) is 12.2. The first kappa shape index (κ1) is 27.5. The van der Waals surface area contributed by atoms with Crippen LogP contribution in [0.5, 0.6) is 0 Å². The van der Waals surface area contributed by atoms with Gasteiger partial charge in [-0.1, -0.05) is 62.2 Å². The number of hydrogen-bond donors (Lipinski definition) is 4. The number of rotatable bonds is 5. The smallest absolute Gasteiger partial charge is 0.237 e. The van der Waals surface area contributed by atoms with E-state index >= 15 is 4.39 Å². The minimum atomic E-state index is -1.30. The van der Waals surface area contributed by atoms with Gasteiger partial charge in [-0.05, 0) is 59.9 Å². The Labute approximate surface area is 231 Å². The number of aliphatic hydroxyl groups excluding tert-OH is 2. The molecular formula is C29H33Cl2FN2O4. The molecule has 1 saturated carbocycles. The molecule has 1 amide bonds. The van der Waals surface area contributed by atoms with Crippen molar-refractivity contribution in [1.29, 1.82) is 0 Å². The van der Waals surface area contributed by atoms with Crippen molar-refractivity contribution in [1.82, 2.24) is 5.32 Å². The zero-order valence-corrected chi connectivity index (χ0v) is 23.1. The number of hydrogen-bond acceptors (Lipinski definition) is 5. The number of anilines is 1. The van der Waals surface area contributed by atoms with Crippen LogP contribution in [0.1, 0.15) is 63.5 Å². The molecule has 1 saturated heterocycles. The van der Waals surface area contributed by atoms with Crippen LogP contribution in [0.25, 0.3) is 0 Å². The van der Waals surface area contributed by atoms with Crippen LogP contribution in [0.4, 0.5) is 10.1 Å². The number of carbonyl (C=O) groups is 2. The predicted molar refractivity (Wildman–Crippen MR) is 145 cm³/mol. The van der Waals surface area contributed by atoms with E-state index in [0.29, 0.717) is 35.5 Å². The minimum absolute atomic E-state index is 0.0834. The molecule has 204 valence electrons. The maximum Gasteiger partial charge on any atom is 0.237 e. The normalized spacial score (nSPS) is 32.6. The molecule has 0 radical (unpaired) electrons. The standard InChI is InChI=1S/C29H33Cl2FN2O4/c1-28(2,3)13-23-29(17-8-7-15(30)12-19(17)33-27(29)38)24(16-5-4-6-18(31)25(16)32)26(34-23)22(37)11-14-9-20(35)21(36)10-14/h4-8,12,14,20-21,23-24,26,34-36H,9-11,13H2,1-3H3,(H,33,38)/t14?,20-,21+,23-,24+,26+,29+/m1/s1. The molecule has 1 spiro atoms. The van der Waals surface area contributed by atoms with Crippen LogP contribution in [-0.4, -0.2) is 46.2 Å². The monoisotopic (exact) mass is 562 g/mol. The highest BCUT2D eigenvalue weighted by molar-refractivity contribution is 6.31. The van der Waals surface area contributed by atoms with Gasteiger partial charge in [0.2, 0.25) is 5.91 Å². The van der Waals surface area contributed by atoms with E-state index in [1.807, 2.05) is 0 Å². The Morgan fingerprint density at radius 3 is 2.47 bits per heavy atom. The number of benzene rings is 2. The van der Waals surface area contributed by atoms with Gasteiger partial charge >= 0.3 is 0 Å². The number of amides is 1. The van der Waals surface area contributed by atoms with Gasteiger partial charge < -0.3 is 20.8 Å². The number of Topliss-reactive ketones (excluding diaryl/α,β-unsaturated/α-hetero) is 1. The summed E-state index contributed by atoms with van der Waals surface area (Å²) in [6.45, 7) is 6.18. The number of carbonyl (C=O) groups excluding carboxylic acids is 2. The van der Waals surface area contributed by atoms with Gasteiger partial charge in [0.15, 0.2) is 5.78 Å². The lowest BCUT2D eigenvalue weighted by molar-refractivity contribution is -0.123. The van der Waals surface area contributed by atoms with Crippen LogP contribution in [0.2, 0.25) is 10.0 Å². The highest BCUT2D eigenvalue weighted by atomic mass is 35.5. The topological polar surface area (TPSA) is 98.7 Å². The first-order valence-corrected chi connectivity index (χ1v) is 13.8. The lowest BCUT2D eigenvalue weighted by Gasteiger charge is -2.37. The molecule has 2 aromatic rings. The fourth-order valence-electron chi connectivity index (χ4n) is 6.88. The van der Waals surface area contributed by atoms with Gasteiger partial charge in [0.05, 0.1) is 23.3 Å². The van der Waals surface area contributed by atoms with Crippen LogP contribution >= 0.6 is 23.2 Å². The van der Waals surface area contributed by atoms with Gasteiger partial charge in [-0.3, -0.25) is 9.59 Å². The Morgan fingerprint density at radius 1 is 1.13 bits per heavy atom. The van der Waals surface area contributed by atoms with E-state index in [0.717, 1.165) is 0 Å². The highest BCUT2D eigenvalue weighted by Gasteiger charge is 2.66. The van der Waals surface area contributed by atoms with E-state index in [-0.39, 0.29) is 40.0 Å². The largest absolute Gasteiger partial charge is 0.390 e. The number of halogens is 3. The summed E-state index contributed by atoms with van der Waals surface area (Å²) in [7, 11) is 0. The molecule has 38 heavy (non-hydrogen) atoms. The molecule has 2 aromatic carbocycles. The fraction of sp³-hybridized carbons (Fsp3) is 0.517. The molecule has 5 rings (SSSR count). The fourth-order valence-corrected chi connectivity index (χ4v) is 7.23. The van der Waals surface area contributed by atoms with E-state index in [1.54, 1.807) is 30.3 Å². The summed E-state index contributed by atoms with van der Waals surface area (Å²) < 4.78 is 15.8. The van der Waals surface area contributed by atoms with Crippen LogP contribution < -0.4 is 10.6 Å². The van der Waals surface area contributed by atoms with Gasteiger partial charge in [-0.2, -0.15) is 0 Å². The third-order valence-electron chi connectivity index (χ3n) is 8.37. The minimum Gasteiger partial charge on any atom is -0.390 e. The summed E-state index contributed by atoms with van der Waals surface area (Å²) >= 11 is 12.5. The number of nitrogens with one attached hydrogen (secondary N) is 2. The first-order valence-electron chi connectivity index (χ1n) is 13.0. The van der Waals surface area contributed by atoms with E-state index in [9.17, 15) is 19.8 Å². The Balaban J connectivity index is 1.68. The number of aliphatic hydroxyl groups is 2. The Bertz CT molecular complexity index is 1270. The average Bonchev–Trinajstić information content (AvgIpc) is 3.41. The molecule has 7 atom stereocenters. The van der Waals surface area contributed by atoms with Crippen molar-refractivity contribution in [3.63, 3.8) is 0 Å². The van der Waals surface area contributed by atoms with Crippen molar-refractivity contribution in [2.45, 2.75) is 82.1 Å². The third-order valence-corrected chi connectivity index (χ3v) is 8.90. The molecule has 0 aromatic heterocycles. The van der Waals surface area contributed by atoms with Crippen molar-refractivity contribution in [2.24, 2.45) is 11.3 Å². The van der Waals surface area contributed by atoms with Crippen molar-refractivity contribution >= 4 is 40.6 Å². The average molecular weight is 563 g/mol. The van der Waals surface area contributed by atoms with Gasteiger partial charge in [0.1, 0.15) is 11.2 Å². The molecule has 2 aliphatic heterocycles. The molecular weight excluding hydrogens is 530 g/mol. The van der Waals surface area contributed by atoms with Crippen molar-refractivity contribution in [2.75, 3.05) is 5.32 Å². The zero-order chi connectivity index (χ0) is 27.6. The Morgan fingerprint density at radius 2 is 1.82 bits per heavy atom. The van der Waals surface area contributed by atoms with Gasteiger partial charge in [-0.25, -0.2) is 4.39 Å². The highest BCUT2D eigenvalue weighted by Crippen LogP contribution is 2.57. The third kappa shape index (κ3) is 4.56. The molecule has 1 unspecified atom stereocenters. The maximum absolute atomic E-state index is 15.8. The molecule has 2 fully saturated rings. The summed E-state index contributed by atoms with van der Waals surface area (Å²) in [6.07, 6.45) is -0.489. The van der Waals surface area contributed by atoms with Crippen molar-refractivity contribution in [3.05, 3.63) is 63.4 Å². The van der Waals surface area contributed by atoms with Crippen molar-refractivity contribution in [3.8, 4) is 0 Å². The molecule has 0 bridgehead atoms. The molecule has 3 aliphatic rings. The van der Waals surface area contributed by atoms with Crippen LogP contribution in [0, 0.1) is 17.2 Å².